The molecular formula is C31H22Br2N4O7. The van der Waals surface area contributed by atoms with Crippen LogP contribution in [0.1, 0.15) is 31.8 Å². The number of benzene rings is 4. The van der Waals surface area contributed by atoms with Crippen molar-refractivity contribution < 1.29 is 28.8 Å². The highest BCUT2D eigenvalue weighted by molar-refractivity contribution is 9.11. The lowest BCUT2D eigenvalue weighted by molar-refractivity contribution is -0.384. The summed E-state index contributed by atoms with van der Waals surface area (Å²) in [5, 5.41) is 17.7. The number of nitro benzene ring substituents is 1. The first-order valence-corrected chi connectivity index (χ1v) is 14.2. The van der Waals surface area contributed by atoms with E-state index in [2.05, 4.69) is 47.7 Å². The number of amides is 2. The Bertz CT molecular complexity index is 1810. The van der Waals surface area contributed by atoms with Crippen molar-refractivity contribution >= 4 is 73.3 Å². The van der Waals surface area contributed by atoms with Crippen LogP contribution < -0.4 is 20.2 Å². The highest BCUT2D eigenvalue weighted by Gasteiger charge is 2.14. The van der Waals surface area contributed by atoms with Crippen LogP contribution in [0.3, 0.4) is 0 Å². The number of ether oxygens (including phenoxy) is 2. The number of non-ortho nitro benzene ring substituents is 1. The van der Waals surface area contributed by atoms with Crippen LogP contribution in [-0.4, -0.2) is 36.0 Å². The summed E-state index contributed by atoms with van der Waals surface area (Å²) in [6, 6.07) is 22.0. The molecule has 0 aliphatic heterocycles. The number of methoxy groups -OCH3 is 1. The Morgan fingerprint density at radius 1 is 0.909 bits per heavy atom. The van der Waals surface area contributed by atoms with E-state index in [1.54, 1.807) is 60.7 Å². The van der Waals surface area contributed by atoms with Gasteiger partial charge in [0.25, 0.3) is 17.5 Å². The van der Waals surface area contributed by atoms with E-state index in [9.17, 15) is 24.5 Å². The maximum atomic E-state index is 12.8. The molecule has 4 aromatic rings. The molecule has 2 amide bonds. The van der Waals surface area contributed by atoms with Gasteiger partial charge in [-0.2, -0.15) is 5.10 Å². The van der Waals surface area contributed by atoms with Gasteiger partial charge < -0.3 is 14.8 Å². The molecule has 0 heterocycles. The van der Waals surface area contributed by atoms with E-state index in [-0.39, 0.29) is 22.9 Å². The van der Waals surface area contributed by atoms with Crippen molar-refractivity contribution in [3.8, 4) is 11.5 Å². The fraction of sp³-hybridized carbons (Fsp3) is 0.0323. The highest BCUT2D eigenvalue weighted by atomic mass is 79.9. The molecule has 2 N–H and O–H groups in total. The highest BCUT2D eigenvalue weighted by Crippen LogP contribution is 2.32. The molecule has 0 radical (unpaired) electrons. The van der Waals surface area contributed by atoms with Crippen molar-refractivity contribution in [2.45, 2.75) is 0 Å². The predicted octanol–water partition coefficient (Wildman–Crippen LogP) is 6.76. The van der Waals surface area contributed by atoms with Crippen LogP contribution >= 0.6 is 31.9 Å². The lowest BCUT2D eigenvalue weighted by atomic mass is 10.1. The van der Waals surface area contributed by atoms with Gasteiger partial charge in [-0.3, -0.25) is 19.7 Å². The number of nitrogens with one attached hydrogen (secondary N) is 2. The molecule has 0 aromatic heterocycles. The average molecular weight is 722 g/mol. The summed E-state index contributed by atoms with van der Waals surface area (Å²) in [5.41, 5.74) is 4.13. The van der Waals surface area contributed by atoms with E-state index >= 15 is 0 Å². The zero-order valence-electron chi connectivity index (χ0n) is 22.8. The molecule has 44 heavy (non-hydrogen) atoms. The molecule has 0 fully saturated rings. The summed E-state index contributed by atoms with van der Waals surface area (Å²) in [4.78, 5) is 48.5. The van der Waals surface area contributed by atoms with Gasteiger partial charge in [0.05, 0.1) is 22.7 Å². The summed E-state index contributed by atoms with van der Waals surface area (Å²) >= 11 is 6.73. The third kappa shape index (κ3) is 8.69. The second-order valence-corrected chi connectivity index (χ2v) is 10.6. The monoisotopic (exact) mass is 720 g/mol. The maximum Gasteiger partial charge on any atom is 0.336 e. The Balaban J connectivity index is 1.43. The second kappa shape index (κ2) is 14.8. The van der Waals surface area contributed by atoms with Gasteiger partial charge >= 0.3 is 5.97 Å². The number of hydrazone groups is 1. The molecule has 0 saturated carbocycles. The molecule has 0 saturated heterocycles. The van der Waals surface area contributed by atoms with E-state index in [4.69, 9.17) is 9.47 Å². The molecule has 222 valence electrons. The third-order valence-electron chi connectivity index (χ3n) is 5.82. The number of carbonyl (C=O) groups excluding carboxylic acids is 3. The number of rotatable bonds is 10. The Morgan fingerprint density at radius 2 is 1.64 bits per heavy atom. The van der Waals surface area contributed by atoms with Gasteiger partial charge in [-0.15, -0.1) is 0 Å². The van der Waals surface area contributed by atoms with E-state index in [1.807, 2.05) is 0 Å². The molecular weight excluding hydrogens is 700 g/mol. The van der Waals surface area contributed by atoms with Crippen LogP contribution in [0.4, 0.5) is 11.4 Å². The van der Waals surface area contributed by atoms with Crippen LogP contribution in [0.2, 0.25) is 0 Å². The Hall–Kier alpha value is -5.14. The van der Waals surface area contributed by atoms with E-state index in [1.165, 1.54) is 43.7 Å². The van der Waals surface area contributed by atoms with Crippen molar-refractivity contribution in [1.82, 2.24) is 5.43 Å². The van der Waals surface area contributed by atoms with Crippen molar-refractivity contribution in [2.24, 2.45) is 5.10 Å². The van der Waals surface area contributed by atoms with Gasteiger partial charge in [0, 0.05) is 45.1 Å². The van der Waals surface area contributed by atoms with Crippen molar-refractivity contribution in [2.75, 3.05) is 12.4 Å². The van der Waals surface area contributed by atoms with Gasteiger partial charge in [-0.1, -0.05) is 40.2 Å². The first kappa shape index (κ1) is 31.8. The number of anilines is 1. The normalized spacial score (nSPS) is 10.9. The SMILES string of the molecule is COc1cccc(C(=O)Nc2cccc(C(=O)NN=Cc3cc(Br)cc(Br)c3OC(=O)/C=C/c3cccc([N+](=O)[O-])c3)c2)c1. The van der Waals surface area contributed by atoms with Crippen LogP contribution in [0.15, 0.2) is 105 Å². The molecule has 0 aliphatic rings. The van der Waals surface area contributed by atoms with E-state index in [0.717, 1.165) is 6.08 Å². The topological polar surface area (TPSA) is 149 Å². The zero-order chi connectivity index (χ0) is 31.6. The minimum Gasteiger partial charge on any atom is -0.497 e. The molecule has 13 heteroatoms. The van der Waals surface area contributed by atoms with Gasteiger partial charge in [0.1, 0.15) is 5.75 Å². The summed E-state index contributed by atoms with van der Waals surface area (Å²) in [6.07, 6.45) is 3.83. The summed E-state index contributed by atoms with van der Waals surface area (Å²) in [5.74, 6) is -1.00. The van der Waals surface area contributed by atoms with Crippen molar-refractivity contribution in [3.63, 3.8) is 0 Å². The number of esters is 1. The first-order valence-electron chi connectivity index (χ1n) is 12.6. The molecule has 4 rings (SSSR count). The molecule has 11 nitrogen and oxygen atoms in total. The van der Waals surface area contributed by atoms with Gasteiger partial charge in [0.15, 0.2) is 5.75 Å². The van der Waals surface area contributed by atoms with Crippen LogP contribution in [-0.2, 0) is 4.79 Å². The summed E-state index contributed by atoms with van der Waals surface area (Å²) < 4.78 is 11.7. The first-order chi connectivity index (χ1) is 21.1. The number of halogens is 2. The van der Waals surface area contributed by atoms with Gasteiger partial charge in [-0.25, -0.2) is 10.2 Å². The van der Waals surface area contributed by atoms with Crippen molar-refractivity contribution in [1.29, 1.82) is 0 Å². The maximum absolute atomic E-state index is 12.8. The van der Waals surface area contributed by atoms with Gasteiger partial charge in [0.2, 0.25) is 0 Å². The predicted molar refractivity (Wildman–Crippen MR) is 172 cm³/mol. The van der Waals surface area contributed by atoms with E-state index < -0.39 is 16.8 Å². The Morgan fingerprint density at radius 3 is 2.39 bits per heavy atom. The van der Waals surface area contributed by atoms with Gasteiger partial charge in [-0.05, 0) is 76.1 Å². The second-order valence-electron chi connectivity index (χ2n) is 8.88. The largest absolute Gasteiger partial charge is 0.497 e. The minimum absolute atomic E-state index is 0.110. The number of nitro groups is 1. The molecule has 0 bridgehead atoms. The Labute approximate surface area is 268 Å². The smallest absolute Gasteiger partial charge is 0.336 e. The molecule has 0 spiro atoms. The fourth-order valence-corrected chi connectivity index (χ4v) is 5.09. The number of hydrogen-bond donors (Lipinski definition) is 2. The summed E-state index contributed by atoms with van der Waals surface area (Å²) in [7, 11) is 1.51. The average Bonchev–Trinajstić information content (AvgIpc) is 3.01. The molecule has 0 unspecified atom stereocenters. The van der Waals surface area contributed by atoms with E-state index in [0.29, 0.717) is 37.1 Å². The van der Waals surface area contributed by atoms with Crippen LogP contribution in [0.25, 0.3) is 6.08 Å². The molecule has 0 atom stereocenters. The lowest BCUT2D eigenvalue weighted by Crippen LogP contribution is -2.18. The minimum atomic E-state index is -0.744. The van der Waals surface area contributed by atoms with Crippen LogP contribution in [0.5, 0.6) is 11.5 Å². The quantitative estimate of drug-likeness (QED) is 0.0459. The molecule has 0 aliphatic carbocycles. The number of carbonyl (C=O) groups is 3. The third-order valence-corrected chi connectivity index (χ3v) is 6.86. The lowest BCUT2D eigenvalue weighted by Gasteiger charge is -2.09. The number of hydrogen-bond acceptors (Lipinski definition) is 8. The fourth-order valence-electron chi connectivity index (χ4n) is 3.76. The van der Waals surface area contributed by atoms with Crippen LogP contribution in [0, 0.1) is 10.1 Å². The Kier molecular flexibility index (Phi) is 10.7. The molecule has 4 aromatic carbocycles. The summed E-state index contributed by atoms with van der Waals surface area (Å²) in [6.45, 7) is 0. The zero-order valence-corrected chi connectivity index (χ0v) is 26.0. The standard InChI is InChI=1S/C31H22Br2N4O7/c1-43-26-10-4-7-21(16-26)30(39)35-24-8-3-6-20(15-24)31(40)36-34-18-22-14-23(32)17-27(33)29(22)44-28(38)12-11-19-5-2-9-25(13-19)37(41)42/h2-18H,1H3,(H,35,39)(H,36,40)/b12-11+,34-18?. The number of nitrogens with zero attached hydrogens (tertiary/aromatic N) is 2. The van der Waals surface area contributed by atoms with Crippen molar-refractivity contribution in [3.05, 3.63) is 132 Å².